The Morgan fingerprint density at radius 3 is 2.07 bits per heavy atom. The van der Waals surface area contributed by atoms with Gasteiger partial charge in [0.15, 0.2) is 0 Å². The molecule has 1 heteroatoms. The van der Waals surface area contributed by atoms with Crippen molar-refractivity contribution in [2.75, 3.05) is 0 Å². The summed E-state index contributed by atoms with van der Waals surface area (Å²) in [6, 6.07) is 24.6. The lowest BCUT2D eigenvalue weighted by atomic mass is 9.81. The summed E-state index contributed by atoms with van der Waals surface area (Å²) >= 11 is 0. The molecule has 1 aliphatic carbocycles. The van der Waals surface area contributed by atoms with Crippen molar-refractivity contribution in [3.05, 3.63) is 89.6 Å². The summed E-state index contributed by atoms with van der Waals surface area (Å²) in [5.74, 6) is 0. The Morgan fingerprint density at radius 1 is 0.724 bits per heavy atom. The van der Waals surface area contributed by atoms with Crippen LogP contribution in [0.15, 0.2) is 72.9 Å². The van der Waals surface area contributed by atoms with Crippen LogP contribution >= 0.6 is 0 Å². The second-order valence-corrected chi connectivity index (χ2v) is 9.81. The van der Waals surface area contributed by atoms with Crippen LogP contribution in [0, 0.1) is 0 Å². The molecule has 0 N–H and O–H groups in total. The van der Waals surface area contributed by atoms with Crippen LogP contribution in [0.4, 0.5) is 0 Å². The Morgan fingerprint density at radius 2 is 1.41 bits per heavy atom. The normalized spacial score (nSPS) is 14.7. The smallest absolute Gasteiger partial charge is 0.0702 e. The monoisotopic (exact) mass is 377 g/mol. The van der Waals surface area contributed by atoms with E-state index in [1.165, 1.54) is 44.2 Å². The third kappa shape index (κ3) is 2.80. The highest BCUT2D eigenvalue weighted by molar-refractivity contribution is 5.94. The van der Waals surface area contributed by atoms with Crippen LogP contribution in [0.3, 0.4) is 0 Å². The third-order valence-corrected chi connectivity index (χ3v) is 6.47. The Labute approximate surface area is 173 Å². The first-order chi connectivity index (χ1) is 13.7. The van der Waals surface area contributed by atoms with Crippen LogP contribution in [0.2, 0.25) is 0 Å². The molecule has 1 nitrogen and oxygen atoms in total. The molecule has 144 valence electrons. The zero-order valence-corrected chi connectivity index (χ0v) is 17.9. The van der Waals surface area contributed by atoms with Crippen LogP contribution in [-0.4, -0.2) is 4.98 Å². The molecular formula is C28H27N. The molecule has 0 fully saturated rings. The van der Waals surface area contributed by atoms with Crippen molar-refractivity contribution in [3.8, 4) is 22.4 Å². The highest BCUT2D eigenvalue weighted by Crippen LogP contribution is 2.50. The van der Waals surface area contributed by atoms with Crippen molar-refractivity contribution in [2.24, 2.45) is 0 Å². The lowest BCUT2D eigenvalue weighted by Crippen LogP contribution is -2.15. The largest absolute Gasteiger partial charge is 0.256 e. The number of nitrogens with zero attached hydrogens (tertiary/aromatic N) is 1. The van der Waals surface area contributed by atoms with Crippen molar-refractivity contribution < 1.29 is 0 Å². The predicted molar refractivity (Wildman–Crippen MR) is 123 cm³/mol. The first-order valence-electron chi connectivity index (χ1n) is 10.4. The first-order valence-corrected chi connectivity index (χ1v) is 10.4. The molecule has 1 heterocycles. The van der Waals surface area contributed by atoms with Crippen molar-refractivity contribution in [1.29, 1.82) is 0 Å². The minimum absolute atomic E-state index is 0.0178. The summed E-state index contributed by atoms with van der Waals surface area (Å²) in [6.07, 6.45) is 2.02. The summed E-state index contributed by atoms with van der Waals surface area (Å²) in [7, 11) is 0. The van der Waals surface area contributed by atoms with Crippen molar-refractivity contribution in [1.82, 2.24) is 4.98 Å². The van der Waals surface area contributed by atoms with E-state index in [0.29, 0.717) is 0 Å². The average molecular weight is 378 g/mol. The van der Waals surface area contributed by atoms with Gasteiger partial charge in [-0.15, -0.1) is 0 Å². The fourth-order valence-corrected chi connectivity index (χ4v) is 4.59. The summed E-state index contributed by atoms with van der Waals surface area (Å²) in [4.78, 5) is 4.78. The van der Waals surface area contributed by atoms with Crippen LogP contribution in [0.1, 0.15) is 51.3 Å². The quantitative estimate of drug-likeness (QED) is 0.334. The Balaban J connectivity index is 1.63. The van der Waals surface area contributed by atoms with Crippen LogP contribution in [0.5, 0.6) is 0 Å². The fourth-order valence-electron chi connectivity index (χ4n) is 4.59. The van der Waals surface area contributed by atoms with E-state index in [-0.39, 0.29) is 10.8 Å². The van der Waals surface area contributed by atoms with E-state index in [0.717, 1.165) is 5.69 Å². The highest BCUT2D eigenvalue weighted by Gasteiger charge is 2.35. The number of rotatable bonds is 1. The fraction of sp³-hybridized carbons (Fsp3) is 0.250. The van der Waals surface area contributed by atoms with Crippen LogP contribution in [-0.2, 0) is 10.8 Å². The SMILES string of the molecule is CC(C)(C)c1ccc(-c2ccc3c(c2)C(C)(C)c2cc4ccccc4cc2-3)nc1. The lowest BCUT2D eigenvalue weighted by Gasteiger charge is -2.22. The molecule has 3 aromatic carbocycles. The van der Waals surface area contributed by atoms with E-state index in [1.54, 1.807) is 0 Å². The minimum Gasteiger partial charge on any atom is -0.256 e. The van der Waals surface area contributed by atoms with Crippen LogP contribution in [0.25, 0.3) is 33.2 Å². The maximum Gasteiger partial charge on any atom is 0.0702 e. The van der Waals surface area contributed by atoms with Crippen molar-refractivity contribution in [2.45, 2.75) is 45.4 Å². The van der Waals surface area contributed by atoms with Crippen LogP contribution < -0.4 is 0 Å². The molecule has 0 spiro atoms. The molecule has 0 bridgehead atoms. The summed E-state index contributed by atoms with van der Waals surface area (Å²) < 4.78 is 0. The second kappa shape index (κ2) is 6.03. The van der Waals surface area contributed by atoms with Gasteiger partial charge in [-0.2, -0.15) is 0 Å². The molecular weight excluding hydrogens is 350 g/mol. The van der Waals surface area contributed by atoms with E-state index in [9.17, 15) is 0 Å². The summed E-state index contributed by atoms with van der Waals surface area (Å²) in [5, 5.41) is 2.62. The molecule has 0 amide bonds. The van der Waals surface area contributed by atoms with Crippen molar-refractivity contribution in [3.63, 3.8) is 0 Å². The Bertz CT molecular complexity index is 1240. The Kier molecular flexibility index (Phi) is 3.77. The minimum atomic E-state index is -0.0178. The van der Waals surface area contributed by atoms with Gasteiger partial charge in [0.05, 0.1) is 5.69 Å². The number of benzene rings is 3. The van der Waals surface area contributed by atoms with E-state index in [1.807, 2.05) is 6.20 Å². The number of hydrogen-bond donors (Lipinski definition) is 0. The molecule has 4 aromatic rings. The van der Waals surface area contributed by atoms with E-state index < -0.39 is 0 Å². The molecule has 0 radical (unpaired) electrons. The first kappa shape index (κ1) is 18.1. The second-order valence-electron chi connectivity index (χ2n) is 9.81. The molecule has 29 heavy (non-hydrogen) atoms. The van der Waals surface area contributed by atoms with Gasteiger partial charge in [-0.05, 0) is 68.3 Å². The van der Waals surface area contributed by atoms with Crippen molar-refractivity contribution >= 4 is 10.8 Å². The van der Waals surface area contributed by atoms with E-state index in [2.05, 4.69) is 101 Å². The highest BCUT2D eigenvalue weighted by atomic mass is 14.7. The molecule has 0 atom stereocenters. The maximum absolute atomic E-state index is 4.78. The summed E-state index contributed by atoms with van der Waals surface area (Å²) in [6.45, 7) is 11.4. The molecule has 0 unspecified atom stereocenters. The third-order valence-electron chi connectivity index (χ3n) is 6.47. The number of hydrogen-bond acceptors (Lipinski definition) is 1. The van der Waals surface area contributed by atoms with Gasteiger partial charge in [-0.1, -0.05) is 77.1 Å². The number of fused-ring (bicyclic) bond motifs is 4. The molecule has 1 aromatic heterocycles. The molecule has 0 saturated heterocycles. The van der Waals surface area contributed by atoms with Gasteiger partial charge in [0.1, 0.15) is 0 Å². The van der Waals surface area contributed by atoms with E-state index in [4.69, 9.17) is 4.98 Å². The number of aromatic nitrogens is 1. The molecule has 1 aliphatic rings. The Hall–Kier alpha value is -2.93. The van der Waals surface area contributed by atoms with Gasteiger partial charge in [-0.25, -0.2) is 0 Å². The average Bonchev–Trinajstić information content (AvgIpc) is 2.92. The van der Waals surface area contributed by atoms with Gasteiger partial charge in [0.2, 0.25) is 0 Å². The van der Waals surface area contributed by atoms with Gasteiger partial charge in [-0.3, -0.25) is 4.98 Å². The van der Waals surface area contributed by atoms with Gasteiger partial charge < -0.3 is 0 Å². The topological polar surface area (TPSA) is 12.9 Å². The zero-order chi connectivity index (χ0) is 20.4. The van der Waals surface area contributed by atoms with Gasteiger partial charge in [0, 0.05) is 17.2 Å². The summed E-state index contributed by atoms with van der Waals surface area (Å²) in [5.41, 5.74) is 9.12. The predicted octanol–water partition coefficient (Wildman–Crippen LogP) is 7.51. The lowest BCUT2D eigenvalue weighted by molar-refractivity contribution is 0.587. The standard InChI is InChI=1S/C28H27N/c1-27(2,3)21-11-13-26(29-17-21)20-10-12-22-23-14-18-8-6-7-9-19(18)15-25(23)28(4,5)24(22)16-20/h6-17H,1-5H3. The maximum atomic E-state index is 4.78. The van der Waals surface area contributed by atoms with Gasteiger partial charge >= 0.3 is 0 Å². The molecule has 0 saturated carbocycles. The molecule has 0 aliphatic heterocycles. The number of pyridine rings is 1. The zero-order valence-electron chi connectivity index (χ0n) is 17.9. The van der Waals surface area contributed by atoms with Gasteiger partial charge in [0.25, 0.3) is 0 Å². The van der Waals surface area contributed by atoms with E-state index >= 15 is 0 Å². The molecule has 5 rings (SSSR count).